The van der Waals surface area contributed by atoms with Crippen LogP contribution in [0.3, 0.4) is 0 Å². The number of sulfonamides is 1. The molecule has 1 fully saturated rings. The highest BCUT2D eigenvalue weighted by molar-refractivity contribution is 14.0. The van der Waals surface area contributed by atoms with E-state index in [0.29, 0.717) is 37.0 Å². The van der Waals surface area contributed by atoms with Gasteiger partial charge in [0.15, 0.2) is 5.96 Å². The van der Waals surface area contributed by atoms with Gasteiger partial charge in [-0.2, -0.15) is 15.6 Å². The predicted molar refractivity (Wildman–Crippen MR) is 126 cm³/mol. The zero-order valence-corrected chi connectivity index (χ0v) is 19.9. The third-order valence-corrected chi connectivity index (χ3v) is 7.20. The molecule has 28 heavy (non-hydrogen) atoms. The van der Waals surface area contributed by atoms with Gasteiger partial charge in [-0.15, -0.1) is 24.0 Å². The molecule has 2 N–H and O–H groups in total. The predicted octanol–water partition coefficient (Wildman–Crippen LogP) is 3.41. The Bertz CT molecular complexity index is 864. The summed E-state index contributed by atoms with van der Waals surface area (Å²) in [6.45, 7) is 2.44. The van der Waals surface area contributed by atoms with Crippen LogP contribution >= 0.6 is 35.3 Å². The second-order valence-electron chi connectivity index (χ2n) is 6.52. The van der Waals surface area contributed by atoms with Crippen molar-refractivity contribution >= 4 is 51.3 Å². The molecule has 1 aromatic heterocycles. The highest BCUT2D eigenvalue weighted by Gasteiger charge is 2.25. The van der Waals surface area contributed by atoms with Gasteiger partial charge >= 0.3 is 0 Å². The first-order chi connectivity index (χ1) is 13.1. The maximum absolute atomic E-state index is 12.8. The number of hydrogen-bond donors (Lipinski definition) is 2. The van der Waals surface area contributed by atoms with E-state index in [-0.39, 0.29) is 24.0 Å². The van der Waals surface area contributed by atoms with Crippen LogP contribution in [0.2, 0.25) is 0 Å². The Kier molecular flexibility index (Phi) is 9.19. The van der Waals surface area contributed by atoms with Gasteiger partial charge in [0.05, 0.1) is 4.90 Å². The second-order valence-corrected chi connectivity index (χ2v) is 9.24. The van der Waals surface area contributed by atoms with Crippen LogP contribution in [0.25, 0.3) is 0 Å². The number of halogens is 1. The van der Waals surface area contributed by atoms with E-state index < -0.39 is 10.0 Å². The van der Waals surface area contributed by atoms with Gasteiger partial charge in [0.25, 0.3) is 0 Å². The zero-order chi connectivity index (χ0) is 19.1. The van der Waals surface area contributed by atoms with Gasteiger partial charge in [0.2, 0.25) is 10.0 Å². The smallest absolute Gasteiger partial charge is 0.243 e. The number of thiophene rings is 1. The minimum Gasteiger partial charge on any atom is -0.352 e. The summed E-state index contributed by atoms with van der Waals surface area (Å²) in [6, 6.07) is 9.23. The molecule has 154 valence electrons. The molecule has 0 atom stereocenters. The minimum absolute atomic E-state index is 0. The number of aliphatic imine (C=N–C) groups is 1. The molecular weight excluding hydrogens is 507 g/mol. The highest BCUT2D eigenvalue weighted by Crippen LogP contribution is 2.21. The molecule has 3 rings (SSSR count). The van der Waals surface area contributed by atoms with E-state index in [9.17, 15) is 8.42 Å². The maximum atomic E-state index is 12.8. The first-order valence-corrected chi connectivity index (χ1v) is 11.5. The van der Waals surface area contributed by atoms with Crippen molar-refractivity contribution < 1.29 is 8.42 Å². The van der Waals surface area contributed by atoms with Gasteiger partial charge in [0.1, 0.15) is 0 Å². The number of nitrogens with zero attached hydrogens (tertiary/aromatic N) is 2. The maximum Gasteiger partial charge on any atom is 0.243 e. The number of piperidine rings is 1. The molecule has 2 heterocycles. The van der Waals surface area contributed by atoms with E-state index in [1.165, 1.54) is 5.56 Å². The van der Waals surface area contributed by atoms with Gasteiger partial charge in [-0.25, -0.2) is 8.42 Å². The van der Waals surface area contributed by atoms with Crippen molar-refractivity contribution in [1.29, 1.82) is 0 Å². The van der Waals surface area contributed by atoms with E-state index >= 15 is 0 Å². The Balaban J connectivity index is 0.00000280. The van der Waals surface area contributed by atoms with Crippen molar-refractivity contribution in [2.24, 2.45) is 4.99 Å². The quantitative estimate of drug-likeness (QED) is 0.339. The molecule has 1 aliphatic rings. The van der Waals surface area contributed by atoms with Gasteiger partial charge in [-0.3, -0.25) is 4.99 Å². The van der Waals surface area contributed by atoms with Crippen LogP contribution in [0.1, 0.15) is 30.4 Å². The Labute approximate surface area is 188 Å². The lowest BCUT2D eigenvalue weighted by atomic mass is 10.2. The van der Waals surface area contributed by atoms with Gasteiger partial charge < -0.3 is 10.6 Å². The Morgan fingerprint density at radius 2 is 1.82 bits per heavy atom. The third kappa shape index (κ3) is 6.16. The van der Waals surface area contributed by atoms with Gasteiger partial charge in [-0.05, 0) is 52.9 Å². The van der Waals surface area contributed by atoms with Crippen LogP contribution in [0.5, 0.6) is 0 Å². The SMILES string of the molecule is CN=C(NCc1ccsc1)NCc1cccc(S(=O)(=O)N2CCCCC2)c1.I. The summed E-state index contributed by atoms with van der Waals surface area (Å²) in [4.78, 5) is 4.58. The fourth-order valence-electron chi connectivity index (χ4n) is 3.06. The molecule has 0 saturated carbocycles. The zero-order valence-electron chi connectivity index (χ0n) is 15.9. The normalized spacial score (nSPS) is 15.7. The lowest BCUT2D eigenvalue weighted by molar-refractivity contribution is 0.346. The summed E-state index contributed by atoms with van der Waals surface area (Å²) >= 11 is 1.66. The lowest BCUT2D eigenvalue weighted by Gasteiger charge is -2.26. The summed E-state index contributed by atoms with van der Waals surface area (Å²) < 4.78 is 27.3. The largest absolute Gasteiger partial charge is 0.352 e. The molecule has 1 saturated heterocycles. The van der Waals surface area contributed by atoms with Crippen molar-refractivity contribution in [1.82, 2.24) is 14.9 Å². The molecule has 6 nitrogen and oxygen atoms in total. The number of guanidine groups is 1. The summed E-state index contributed by atoms with van der Waals surface area (Å²) in [7, 11) is -1.69. The van der Waals surface area contributed by atoms with Crippen LogP contribution in [0.4, 0.5) is 0 Å². The molecule has 9 heteroatoms. The van der Waals surface area contributed by atoms with Crippen LogP contribution in [-0.4, -0.2) is 38.8 Å². The van der Waals surface area contributed by atoms with Crippen LogP contribution < -0.4 is 10.6 Å². The van der Waals surface area contributed by atoms with Crippen molar-refractivity contribution in [3.8, 4) is 0 Å². The molecule has 0 bridgehead atoms. The van der Waals surface area contributed by atoms with Crippen molar-refractivity contribution in [2.45, 2.75) is 37.2 Å². The number of hydrogen-bond acceptors (Lipinski definition) is 4. The number of rotatable bonds is 6. The molecule has 0 amide bonds. The summed E-state index contributed by atoms with van der Waals surface area (Å²) in [5.74, 6) is 0.686. The number of benzene rings is 1. The number of nitrogens with one attached hydrogen (secondary N) is 2. The highest BCUT2D eigenvalue weighted by atomic mass is 127. The van der Waals surface area contributed by atoms with Crippen LogP contribution in [0.15, 0.2) is 51.0 Å². The van der Waals surface area contributed by atoms with Crippen molar-refractivity contribution in [3.05, 3.63) is 52.2 Å². The van der Waals surface area contributed by atoms with Crippen molar-refractivity contribution in [3.63, 3.8) is 0 Å². The van der Waals surface area contributed by atoms with Gasteiger partial charge in [-0.1, -0.05) is 18.6 Å². The minimum atomic E-state index is -3.41. The summed E-state index contributed by atoms with van der Waals surface area (Å²) in [5.41, 5.74) is 2.11. The molecular formula is C19H27IN4O2S2. The molecule has 2 aromatic rings. The first-order valence-electron chi connectivity index (χ1n) is 9.14. The van der Waals surface area contributed by atoms with E-state index in [4.69, 9.17) is 0 Å². The first kappa shape index (κ1) is 23.1. The Morgan fingerprint density at radius 1 is 1.11 bits per heavy atom. The second kappa shape index (κ2) is 11.1. The Morgan fingerprint density at radius 3 is 2.46 bits per heavy atom. The van der Waals surface area contributed by atoms with E-state index in [1.807, 2.05) is 11.4 Å². The fraction of sp³-hybridized carbons (Fsp3) is 0.421. The van der Waals surface area contributed by atoms with E-state index in [0.717, 1.165) is 24.8 Å². The van der Waals surface area contributed by atoms with Crippen molar-refractivity contribution in [2.75, 3.05) is 20.1 Å². The summed E-state index contributed by atoms with van der Waals surface area (Å²) in [5, 5.41) is 10.6. The standard InChI is InChI=1S/C19H26N4O2S2.HI/c1-20-19(22-14-17-8-11-26-15-17)21-13-16-6-5-7-18(12-16)27(24,25)23-9-3-2-4-10-23;/h5-8,11-12,15H,2-4,9-10,13-14H2,1H3,(H2,20,21,22);1H. The molecule has 0 unspecified atom stereocenters. The van der Waals surface area contributed by atoms with E-state index in [2.05, 4.69) is 27.1 Å². The average Bonchev–Trinajstić information content (AvgIpc) is 3.23. The van der Waals surface area contributed by atoms with Gasteiger partial charge in [0, 0.05) is 33.2 Å². The Hall–Kier alpha value is -1.17. The molecule has 1 aromatic carbocycles. The topological polar surface area (TPSA) is 73.8 Å². The molecule has 1 aliphatic heterocycles. The van der Waals surface area contributed by atoms with E-state index in [1.54, 1.807) is 40.9 Å². The lowest BCUT2D eigenvalue weighted by Crippen LogP contribution is -2.36. The fourth-order valence-corrected chi connectivity index (χ4v) is 5.31. The summed E-state index contributed by atoms with van der Waals surface area (Å²) in [6.07, 6.45) is 2.98. The average molecular weight is 534 g/mol. The molecule has 0 spiro atoms. The van der Waals surface area contributed by atoms with Crippen LogP contribution in [0, 0.1) is 0 Å². The van der Waals surface area contributed by atoms with Crippen LogP contribution in [-0.2, 0) is 23.1 Å². The third-order valence-electron chi connectivity index (χ3n) is 4.57. The monoisotopic (exact) mass is 534 g/mol. The molecule has 0 aliphatic carbocycles. The molecule has 0 radical (unpaired) electrons.